The summed E-state index contributed by atoms with van der Waals surface area (Å²) in [6.45, 7) is 2.12. The highest BCUT2D eigenvalue weighted by Gasteiger charge is 1.74. The number of nitrogens with two attached hydrogens (primary N) is 1. The summed E-state index contributed by atoms with van der Waals surface area (Å²) in [5, 5.41) is 0. The van der Waals surface area contributed by atoms with Gasteiger partial charge in [0.25, 0.3) is 0 Å². The molecule has 0 radical (unpaired) electrons. The van der Waals surface area contributed by atoms with Gasteiger partial charge in [-0.25, -0.2) is 4.83 Å². The van der Waals surface area contributed by atoms with Crippen molar-refractivity contribution in [2.24, 2.45) is 5.84 Å². The Morgan fingerprint density at radius 1 is 1.83 bits per heavy atom. The Morgan fingerprint density at radius 2 is 2.50 bits per heavy atom. The zero-order valence-electron chi connectivity index (χ0n) is 3.90. The van der Waals surface area contributed by atoms with Crippen LogP contribution in [0.2, 0.25) is 0 Å². The van der Waals surface area contributed by atoms with Crippen molar-refractivity contribution in [3.05, 3.63) is 0 Å². The molecule has 0 aliphatic carbocycles. The normalized spacial score (nSPS) is 9.00. The van der Waals surface area contributed by atoms with Crippen molar-refractivity contribution < 1.29 is 0 Å². The average molecular weight is 106 g/mol. The number of rotatable bonds is 3. The summed E-state index contributed by atoms with van der Waals surface area (Å²) in [5.41, 5.74) is 0. The van der Waals surface area contributed by atoms with E-state index in [0.717, 1.165) is 5.75 Å². The van der Waals surface area contributed by atoms with E-state index in [1.807, 2.05) is 0 Å². The largest absolute Gasteiger partial charge is 0.262 e. The molecule has 0 atom stereocenters. The molecule has 0 unspecified atom stereocenters. The van der Waals surface area contributed by atoms with Gasteiger partial charge in [-0.2, -0.15) is 0 Å². The third-order valence-electron chi connectivity index (χ3n) is 0.390. The van der Waals surface area contributed by atoms with Crippen molar-refractivity contribution in [3.63, 3.8) is 0 Å². The van der Waals surface area contributed by atoms with Crippen LogP contribution in [-0.2, 0) is 0 Å². The lowest BCUT2D eigenvalue weighted by atomic mass is 10.6. The molecule has 0 bridgehead atoms. The summed E-state index contributed by atoms with van der Waals surface area (Å²) in [5.74, 6) is 6.02. The molecule has 0 spiro atoms. The Bertz CT molecular complexity index is 20.8. The van der Waals surface area contributed by atoms with Gasteiger partial charge in [-0.1, -0.05) is 18.9 Å². The minimum Gasteiger partial charge on any atom is -0.262 e. The first kappa shape index (κ1) is 6.27. The first-order valence-electron chi connectivity index (χ1n) is 1.99. The van der Waals surface area contributed by atoms with E-state index in [-0.39, 0.29) is 0 Å². The smallest absolute Gasteiger partial charge is 0.00882 e. The van der Waals surface area contributed by atoms with Crippen LogP contribution < -0.4 is 10.7 Å². The van der Waals surface area contributed by atoms with Crippen LogP contribution in [0.25, 0.3) is 0 Å². The molecule has 0 aromatic rings. The molecule has 0 amide bonds. The Hall–Kier alpha value is 0.270. The van der Waals surface area contributed by atoms with E-state index in [2.05, 4.69) is 11.8 Å². The maximum absolute atomic E-state index is 4.93. The van der Waals surface area contributed by atoms with Crippen LogP contribution in [0.15, 0.2) is 0 Å². The second-order valence-electron chi connectivity index (χ2n) is 0.966. The number of hydrazine groups is 1. The minimum atomic E-state index is 1.09. The average Bonchev–Trinajstić information content (AvgIpc) is 1.61. The van der Waals surface area contributed by atoms with Crippen molar-refractivity contribution in [1.29, 1.82) is 0 Å². The lowest BCUT2D eigenvalue weighted by Crippen LogP contribution is -2.11. The summed E-state index contributed by atoms with van der Waals surface area (Å²) in [4.78, 5) is 2.49. The van der Waals surface area contributed by atoms with Gasteiger partial charge in [-0.3, -0.25) is 5.84 Å². The molecule has 3 heteroatoms. The van der Waals surface area contributed by atoms with Gasteiger partial charge in [0.05, 0.1) is 0 Å². The van der Waals surface area contributed by atoms with Crippen LogP contribution in [0.4, 0.5) is 0 Å². The van der Waals surface area contributed by atoms with E-state index in [9.17, 15) is 0 Å². The topological polar surface area (TPSA) is 38.0 Å². The fraction of sp³-hybridized carbons (Fsp3) is 1.00. The number of hydrogen-bond donors (Lipinski definition) is 2. The van der Waals surface area contributed by atoms with Crippen molar-refractivity contribution in [2.45, 2.75) is 13.3 Å². The lowest BCUT2D eigenvalue weighted by Gasteiger charge is -1.89. The zero-order chi connectivity index (χ0) is 4.83. The van der Waals surface area contributed by atoms with Gasteiger partial charge in [-0.15, -0.1) is 0 Å². The van der Waals surface area contributed by atoms with Crippen molar-refractivity contribution >= 4 is 11.9 Å². The molecule has 0 aromatic heterocycles. The molecule has 0 aromatic carbocycles. The van der Waals surface area contributed by atoms with Crippen LogP contribution >= 0.6 is 11.9 Å². The summed E-state index contributed by atoms with van der Waals surface area (Å²) in [6.07, 6.45) is 1.18. The molecule has 0 aliphatic rings. The maximum atomic E-state index is 4.93. The van der Waals surface area contributed by atoms with Crippen LogP contribution in [0, 0.1) is 0 Å². The predicted molar refractivity (Wildman–Crippen MR) is 30.1 cm³/mol. The molecule has 0 heterocycles. The standard InChI is InChI=1S/C3H10N2S/c1-2-3-6-5-4/h5H,2-4H2,1H3. The molecular weight excluding hydrogens is 96.1 g/mol. The van der Waals surface area contributed by atoms with Gasteiger partial charge >= 0.3 is 0 Å². The molecule has 6 heavy (non-hydrogen) atoms. The third-order valence-corrected chi connectivity index (χ3v) is 1.17. The maximum Gasteiger partial charge on any atom is 0.00882 e. The van der Waals surface area contributed by atoms with Gasteiger partial charge in [0, 0.05) is 5.75 Å². The van der Waals surface area contributed by atoms with Gasteiger partial charge < -0.3 is 0 Å². The summed E-state index contributed by atoms with van der Waals surface area (Å²) in [6, 6.07) is 0. The summed E-state index contributed by atoms with van der Waals surface area (Å²) in [7, 11) is 0. The monoisotopic (exact) mass is 106 g/mol. The Kier molecular flexibility index (Phi) is 5.51. The molecule has 0 saturated carbocycles. The first-order chi connectivity index (χ1) is 2.91. The Morgan fingerprint density at radius 3 is 2.67 bits per heavy atom. The highest BCUT2D eigenvalue weighted by molar-refractivity contribution is 7.97. The van der Waals surface area contributed by atoms with Gasteiger partial charge in [0.1, 0.15) is 0 Å². The van der Waals surface area contributed by atoms with Crippen molar-refractivity contribution in [1.82, 2.24) is 4.83 Å². The van der Waals surface area contributed by atoms with E-state index in [1.165, 1.54) is 18.4 Å². The highest BCUT2D eigenvalue weighted by atomic mass is 32.2. The molecule has 0 saturated heterocycles. The fourth-order valence-corrected chi connectivity index (χ4v) is 0.483. The molecule has 3 N–H and O–H groups in total. The van der Waals surface area contributed by atoms with Crippen molar-refractivity contribution in [2.75, 3.05) is 5.75 Å². The van der Waals surface area contributed by atoms with Gasteiger partial charge in [-0.05, 0) is 6.42 Å². The van der Waals surface area contributed by atoms with Crippen LogP contribution in [0.1, 0.15) is 13.3 Å². The van der Waals surface area contributed by atoms with Crippen LogP contribution in [0.5, 0.6) is 0 Å². The Labute approximate surface area is 42.6 Å². The van der Waals surface area contributed by atoms with E-state index in [1.54, 1.807) is 0 Å². The first-order valence-corrected chi connectivity index (χ1v) is 2.97. The second kappa shape index (κ2) is 5.27. The van der Waals surface area contributed by atoms with Gasteiger partial charge in [0.15, 0.2) is 0 Å². The SMILES string of the molecule is CCCSNN. The van der Waals surface area contributed by atoms with E-state index >= 15 is 0 Å². The van der Waals surface area contributed by atoms with Gasteiger partial charge in [0.2, 0.25) is 0 Å². The predicted octanol–water partition coefficient (Wildman–Crippen LogP) is 0.508. The zero-order valence-corrected chi connectivity index (χ0v) is 4.72. The number of nitrogens with one attached hydrogen (secondary N) is 1. The quantitative estimate of drug-likeness (QED) is 0.238. The molecule has 0 rings (SSSR count). The molecule has 38 valence electrons. The number of hydrogen-bond acceptors (Lipinski definition) is 3. The van der Waals surface area contributed by atoms with E-state index in [4.69, 9.17) is 5.84 Å². The third kappa shape index (κ3) is 4.27. The van der Waals surface area contributed by atoms with E-state index in [0.29, 0.717) is 0 Å². The highest BCUT2D eigenvalue weighted by Crippen LogP contribution is 1.90. The van der Waals surface area contributed by atoms with Crippen LogP contribution in [0.3, 0.4) is 0 Å². The summed E-state index contributed by atoms with van der Waals surface area (Å²) >= 11 is 1.54. The molecular formula is C3H10N2S. The minimum absolute atomic E-state index is 1.09. The summed E-state index contributed by atoms with van der Waals surface area (Å²) < 4.78 is 0. The fourth-order valence-electron chi connectivity index (χ4n) is 0.161. The van der Waals surface area contributed by atoms with Crippen LogP contribution in [-0.4, -0.2) is 5.75 Å². The Balaban J connectivity index is 2.34. The molecule has 0 fully saturated rings. The van der Waals surface area contributed by atoms with Crippen molar-refractivity contribution in [3.8, 4) is 0 Å². The second-order valence-corrected chi connectivity index (χ2v) is 1.90. The van der Waals surface area contributed by atoms with E-state index < -0.39 is 0 Å². The lowest BCUT2D eigenvalue weighted by molar-refractivity contribution is 1.06. The molecule has 2 nitrogen and oxygen atoms in total. The molecule has 0 aliphatic heterocycles.